The fourth-order valence-electron chi connectivity index (χ4n) is 2.71. The van der Waals surface area contributed by atoms with Gasteiger partial charge in [0.25, 0.3) is 0 Å². The van der Waals surface area contributed by atoms with Crippen molar-refractivity contribution in [3.8, 4) is 5.75 Å². The first-order valence-electron chi connectivity index (χ1n) is 6.58. The summed E-state index contributed by atoms with van der Waals surface area (Å²) in [6.07, 6.45) is 2.19. The van der Waals surface area contributed by atoms with Crippen molar-refractivity contribution in [1.82, 2.24) is 4.90 Å². The third-order valence-corrected chi connectivity index (χ3v) is 3.97. The van der Waals surface area contributed by atoms with Crippen LogP contribution in [0.15, 0.2) is 12.1 Å². The van der Waals surface area contributed by atoms with Gasteiger partial charge in [0, 0.05) is 17.6 Å². The average Bonchev–Trinajstić information content (AvgIpc) is 2.62. The third-order valence-electron chi connectivity index (χ3n) is 3.97. The Morgan fingerprint density at radius 1 is 1.47 bits per heavy atom. The first kappa shape index (κ1) is 14.0. The molecule has 0 bridgehead atoms. The molecule has 1 heterocycles. The number of phenols is 1. The summed E-state index contributed by atoms with van der Waals surface area (Å²) in [4.78, 5) is 13.6. The standard InChI is InChI=1S/C15H20FNO2/c1-10(18)13-8-12(16)7-11(14(13)19)9-17-6-4-5-15(17,2)3/h7-8,19H,4-6,9H2,1-3H3. The highest BCUT2D eigenvalue weighted by molar-refractivity contribution is 5.97. The van der Waals surface area contributed by atoms with Gasteiger partial charge in [-0.25, -0.2) is 4.39 Å². The summed E-state index contributed by atoms with van der Waals surface area (Å²) in [5.41, 5.74) is 0.599. The van der Waals surface area contributed by atoms with E-state index in [1.54, 1.807) is 0 Å². The molecule has 0 spiro atoms. The number of ketones is 1. The number of hydrogen-bond donors (Lipinski definition) is 1. The number of carbonyl (C=O) groups excluding carboxylic acids is 1. The molecule has 0 unspecified atom stereocenters. The number of nitrogens with zero attached hydrogens (tertiary/aromatic N) is 1. The molecule has 2 rings (SSSR count). The summed E-state index contributed by atoms with van der Waals surface area (Å²) in [6, 6.07) is 2.41. The van der Waals surface area contributed by atoms with Crippen molar-refractivity contribution in [2.45, 2.75) is 45.7 Å². The van der Waals surface area contributed by atoms with Crippen LogP contribution in [0.3, 0.4) is 0 Å². The number of rotatable bonds is 3. The summed E-state index contributed by atoms with van der Waals surface area (Å²) in [5, 5.41) is 10.1. The summed E-state index contributed by atoms with van der Waals surface area (Å²) in [6.45, 7) is 7.01. The molecule has 104 valence electrons. The van der Waals surface area contributed by atoms with Crippen molar-refractivity contribution >= 4 is 5.78 Å². The van der Waals surface area contributed by atoms with Gasteiger partial charge >= 0.3 is 0 Å². The van der Waals surface area contributed by atoms with E-state index in [2.05, 4.69) is 18.7 Å². The number of phenolic OH excluding ortho intramolecular Hbond substituents is 1. The molecular weight excluding hydrogens is 245 g/mol. The van der Waals surface area contributed by atoms with E-state index >= 15 is 0 Å². The van der Waals surface area contributed by atoms with Gasteiger partial charge in [-0.2, -0.15) is 0 Å². The fraction of sp³-hybridized carbons (Fsp3) is 0.533. The van der Waals surface area contributed by atoms with Crippen molar-refractivity contribution < 1.29 is 14.3 Å². The SMILES string of the molecule is CC(=O)c1cc(F)cc(CN2CCCC2(C)C)c1O. The molecule has 0 aromatic heterocycles. The van der Waals surface area contributed by atoms with Gasteiger partial charge in [0.15, 0.2) is 5.78 Å². The van der Waals surface area contributed by atoms with Gasteiger partial charge in [-0.15, -0.1) is 0 Å². The maximum Gasteiger partial charge on any atom is 0.163 e. The van der Waals surface area contributed by atoms with Crippen molar-refractivity contribution in [2.75, 3.05) is 6.54 Å². The van der Waals surface area contributed by atoms with E-state index in [9.17, 15) is 14.3 Å². The van der Waals surface area contributed by atoms with E-state index in [-0.39, 0.29) is 22.6 Å². The molecule has 0 radical (unpaired) electrons. The van der Waals surface area contributed by atoms with Crippen LogP contribution in [0, 0.1) is 5.82 Å². The molecular formula is C15H20FNO2. The van der Waals surface area contributed by atoms with E-state index < -0.39 is 5.82 Å². The number of aromatic hydroxyl groups is 1. The van der Waals surface area contributed by atoms with Crippen molar-refractivity contribution in [2.24, 2.45) is 0 Å². The van der Waals surface area contributed by atoms with Crippen molar-refractivity contribution in [1.29, 1.82) is 0 Å². The normalized spacial score (nSPS) is 18.7. The minimum absolute atomic E-state index is 0.0507. The Hall–Kier alpha value is -1.42. The molecule has 4 heteroatoms. The topological polar surface area (TPSA) is 40.5 Å². The number of carbonyl (C=O) groups is 1. The van der Waals surface area contributed by atoms with E-state index in [0.29, 0.717) is 12.1 Å². The zero-order valence-electron chi connectivity index (χ0n) is 11.7. The van der Waals surface area contributed by atoms with Crippen LogP contribution in [0.2, 0.25) is 0 Å². The number of halogens is 1. The lowest BCUT2D eigenvalue weighted by Crippen LogP contribution is -2.37. The number of likely N-dealkylation sites (tertiary alicyclic amines) is 1. The largest absolute Gasteiger partial charge is 0.507 e. The maximum absolute atomic E-state index is 13.6. The highest BCUT2D eigenvalue weighted by Gasteiger charge is 2.32. The van der Waals surface area contributed by atoms with Crippen LogP contribution in [0.5, 0.6) is 5.75 Å². The predicted molar refractivity (Wildman–Crippen MR) is 71.8 cm³/mol. The van der Waals surface area contributed by atoms with Gasteiger partial charge in [-0.1, -0.05) is 0 Å². The number of hydrogen-bond acceptors (Lipinski definition) is 3. The van der Waals surface area contributed by atoms with Crippen LogP contribution in [0.4, 0.5) is 4.39 Å². The van der Waals surface area contributed by atoms with Gasteiger partial charge < -0.3 is 5.11 Å². The molecule has 0 amide bonds. The second kappa shape index (κ2) is 4.93. The number of benzene rings is 1. The molecule has 1 aromatic rings. The zero-order chi connectivity index (χ0) is 14.2. The van der Waals surface area contributed by atoms with Gasteiger partial charge in [-0.3, -0.25) is 9.69 Å². The summed E-state index contributed by atoms with van der Waals surface area (Å²) >= 11 is 0. The fourth-order valence-corrected chi connectivity index (χ4v) is 2.71. The second-order valence-electron chi connectivity index (χ2n) is 5.85. The Balaban J connectivity index is 2.33. The maximum atomic E-state index is 13.6. The van der Waals surface area contributed by atoms with Crippen LogP contribution in [0.1, 0.15) is 49.5 Å². The van der Waals surface area contributed by atoms with Crippen molar-refractivity contribution in [3.05, 3.63) is 29.1 Å². The van der Waals surface area contributed by atoms with Gasteiger partial charge in [-0.05, 0) is 52.3 Å². The van der Waals surface area contributed by atoms with E-state index in [1.807, 2.05) is 0 Å². The monoisotopic (exact) mass is 265 g/mol. The Morgan fingerprint density at radius 2 is 2.16 bits per heavy atom. The van der Waals surface area contributed by atoms with Crippen LogP contribution < -0.4 is 0 Å². The average molecular weight is 265 g/mol. The number of Topliss-reactive ketones (excluding diaryl/α,β-unsaturated/α-hetero) is 1. The van der Waals surface area contributed by atoms with Gasteiger partial charge in [0.1, 0.15) is 11.6 Å². The van der Waals surface area contributed by atoms with Gasteiger partial charge in [0.2, 0.25) is 0 Å². The zero-order valence-corrected chi connectivity index (χ0v) is 11.7. The van der Waals surface area contributed by atoms with E-state index in [1.165, 1.54) is 13.0 Å². The lowest BCUT2D eigenvalue weighted by molar-refractivity contribution is 0.101. The molecule has 1 aliphatic rings. The molecule has 0 aliphatic carbocycles. The van der Waals surface area contributed by atoms with Crippen molar-refractivity contribution in [3.63, 3.8) is 0 Å². The first-order valence-corrected chi connectivity index (χ1v) is 6.58. The highest BCUT2D eigenvalue weighted by Crippen LogP contribution is 2.33. The van der Waals surface area contributed by atoms with Gasteiger partial charge in [0.05, 0.1) is 5.56 Å². The summed E-state index contributed by atoms with van der Waals surface area (Å²) in [7, 11) is 0. The molecule has 3 nitrogen and oxygen atoms in total. The van der Waals surface area contributed by atoms with Crippen LogP contribution >= 0.6 is 0 Å². The molecule has 0 saturated carbocycles. The van der Waals surface area contributed by atoms with Crippen LogP contribution in [0.25, 0.3) is 0 Å². The minimum atomic E-state index is -0.477. The van der Waals surface area contributed by atoms with Crippen LogP contribution in [-0.4, -0.2) is 27.9 Å². The second-order valence-corrected chi connectivity index (χ2v) is 5.85. The van der Waals surface area contributed by atoms with Crippen LogP contribution in [-0.2, 0) is 6.54 Å². The van der Waals surface area contributed by atoms with E-state index in [0.717, 1.165) is 25.5 Å². The van der Waals surface area contributed by atoms with E-state index in [4.69, 9.17) is 0 Å². The predicted octanol–water partition coefficient (Wildman–Crippen LogP) is 3.11. The Morgan fingerprint density at radius 3 is 2.68 bits per heavy atom. The first-order chi connectivity index (χ1) is 8.81. The summed E-state index contributed by atoms with van der Waals surface area (Å²) in [5.74, 6) is -0.884. The molecule has 1 N–H and O–H groups in total. The minimum Gasteiger partial charge on any atom is -0.507 e. The third kappa shape index (κ3) is 2.78. The molecule has 19 heavy (non-hydrogen) atoms. The molecule has 1 aromatic carbocycles. The quantitative estimate of drug-likeness (QED) is 0.854. The highest BCUT2D eigenvalue weighted by atomic mass is 19.1. The Kier molecular flexibility index (Phi) is 3.63. The Bertz CT molecular complexity index is 511. The molecule has 1 saturated heterocycles. The lowest BCUT2D eigenvalue weighted by Gasteiger charge is -2.31. The molecule has 1 fully saturated rings. The Labute approximate surface area is 113 Å². The molecule has 1 aliphatic heterocycles. The smallest absolute Gasteiger partial charge is 0.163 e. The summed E-state index contributed by atoms with van der Waals surface area (Å²) < 4.78 is 13.6. The molecule has 0 atom stereocenters. The lowest BCUT2D eigenvalue weighted by atomic mass is 10.0.